The Morgan fingerprint density at radius 1 is 1.52 bits per heavy atom. The molecule has 1 aromatic carbocycles. The number of halogens is 1. The number of aromatic nitrogens is 1. The van der Waals surface area contributed by atoms with E-state index in [4.69, 9.17) is 21.1 Å². The summed E-state index contributed by atoms with van der Waals surface area (Å²) in [6, 6.07) is 4.96. The molecule has 0 radical (unpaired) electrons. The maximum Gasteiger partial charge on any atom is 0.407 e. The number of carboxylic acids is 1. The number of fused-ring (bicyclic) bond motifs is 1. The summed E-state index contributed by atoms with van der Waals surface area (Å²) in [6.45, 7) is 2.93. The van der Waals surface area contributed by atoms with Crippen LogP contribution in [-0.2, 0) is 11.3 Å². The second-order valence-electron chi connectivity index (χ2n) is 5.14. The molecule has 1 aliphatic heterocycles. The Kier molecular flexibility index (Phi) is 4.04. The van der Waals surface area contributed by atoms with Crippen LogP contribution in [0.1, 0.15) is 17.4 Å². The van der Waals surface area contributed by atoms with Gasteiger partial charge in [-0.1, -0.05) is 11.6 Å². The lowest BCUT2D eigenvalue weighted by atomic mass is 10.2. The summed E-state index contributed by atoms with van der Waals surface area (Å²) >= 11 is 6.20. The fourth-order valence-corrected chi connectivity index (χ4v) is 2.83. The van der Waals surface area contributed by atoms with Crippen LogP contribution in [0.3, 0.4) is 0 Å². The molecule has 0 bridgehead atoms. The molecule has 122 valence electrons. The van der Waals surface area contributed by atoms with E-state index in [-0.39, 0.29) is 18.4 Å². The number of amides is 1. The number of aryl methyl sites for hydroxylation is 1. The van der Waals surface area contributed by atoms with Gasteiger partial charge in [-0.25, -0.2) is 9.59 Å². The number of carbonyl (C=O) groups excluding carboxylic acids is 1. The number of cyclic esters (lactones) is 1. The molecule has 1 unspecified atom stereocenters. The van der Waals surface area contributed by atoms with E-state index in [0.717, 1.165) is 10.9 Å². The number of nitrogens with one attached hydrogen (secondary N) is 1. The van der Waals surface area contributed by atoms with Gasteiger partial charge >= 0.3 is 12.1 Å². The molecule has 2 N–H and O–H groups in total. The summed E-state index contributed by atoms with van der Waals surface area (Å²) in [5.74, 6) is -0.572. The summed E-state index contributed by atoms with van der Waals surface area (Å²) in [6.07, 6.45) is -0.840. The molecule has 2 heterocycles. The van der Waals surface area contributed by atoms with Gasteiger partial charge in [0.25, 0.3) is 0 Å². The number of hydrogen-bond acceptors (Lipinski definition) is 4. The Labute approximate surface area is 136 Å². The van der Waals surface area contributed by atoms with E-state index in [0.29, 0.717) is 23.9 Å². The molecule has 1 saturated heterocycles. The van der Waals surface area contributed by atoms with E-state index in [2.05, 4.69) is 5.32 Å². The molecule has 7 nitrogen and oxygen atoms in total. The summed E-state index contributed by atoms with van der Waals surface area (Å²) in [5.41, 5.74) is 0.926. The fraction of sp³-hybridized carbons (Fsp3) is 0.333. The van der Waals surface area contributed by atoms with Crippen molar-refractivity contribution in [1.82, 2.24) is 9.88 Å². The van der Waals surface area contributed by atoms with Gasteiger partial charge in [0.15, 0.2) is 6.10 Å². The van der Waals surface area contributed by atoms with Gasteiger partial charge in [-0.15, -0.1) is 0 Å². The molecule has 0 aliphatic carbocycles. The fourth-order valence-electron chi connectivity index (χ4n) is 2.60. The average Bonchev–Trinajstić information content (AvgIpc) is 3.07. The molecule has 0 saturated carbocycles. The van der Waals surface area contributed by atoms with E-state index < -0.39 is 12.1 Å². The number of carboxylic acid groups (broad SMARTS) is 1. The number of nitrogens with zero attached hydrogens (tertiary/aromatic N) is 1. The molecule has 1 fully saturated rings. The Hall–Kier alpha value is -2.41. The highest BCUT2D eigenvalue weighted by molar-refractivity contribution is 6.32. The standard InChI is InChI=1S/C15H15ClN2O5/c1-2-18-11-5-13(22-7-9-6-17-15(21)23-9)10(16)3-8(11)4-12(18)14(19)20/h3-5,9H,2,6-7H2,1H3,(H,17,21)(H,19,20). The Balaban J connectivity index is 1.90. The van der Waals surface area contributed by atoms with Gasteiger partial charge in [0.05, 0.1) is 17.1 Å². The van der Waals surface area contributed by atoms with Crippen LogP contribution in [0, 0.1) is 0 Å². The van der Waals surface area contributed by atoms with Gasteiger partial charge in [-0.3, -0.25) is 0 Å². The molecule has 1 atom stereocenters. The monoisotopic (exact) mass is 338 g/mol. The van der Waals surface area contributed by atoms with Crippen molar-refractivity contribution in [3.05, 3.63) is 28.9 Å². The molecule has 23 heavy (non-hydrogen) atoms. The molecule has 8 heteroatoms. The first kappa shape index (κ1) is 15.5. The normalized spacial score (nSPS) is 17.1. The number of benzene rings is 1. The highest BCUT2D eigenvalue weighted by Gasteiger charge is 2.23. The van der Waals surface area contributed by atoms with Gasteiger partial charge in [0.1, 0.15) is 18.1 Å². The third-order valence-corrected chi connectivity index (χ3v) is 3.96. The Bertz CT molecular complexity index is 786. The largest absolute Gasteiger partial charge is 0.488 e. The number of aromatic carboxylic acids is 1. The van der Waals surface area contributed by atoms with Crippen molar-refractivity contribution in [3.8, 4) is 5.75 Å². The number of rotatable bonds is 5. The van der Waals surface area contributed by atoms with E-state index in [1.54, 1.807) is 22.8 Å². The zero-order chi connectivity index (χ0) is 16.6. The van der Waals surface area contributed by atoms with Crippen LogP contribution in [0.5, 0.6) is 5.75 Å². The van der Waals surface area contributed by atoms with Crippen molar-refractivity contribution in [2.75, 3.05) is 13.2 Å². The second kappa shape index (κ2) is 6.00. The Morgan fingerprint density at radius 3 is 2.91 bits per heavy atom. The van der Waals surface area contributed by atoms with Crippen molar-refractivity contribution in [2.24, 2.45) is 0 Å². The molecular formula is C15H15ClN2O5. The van der Waals surface area contributed by atoms with E-state index in [9.17, 15) is 14.7 Å². The van der Waals surface area contributed by atoms with E-state index >= 15 is 0 Å². The first-order valence-electron chi connectivity index (χ1n) is 7.13. The molecular weight excluding hydrogens is 324 g/mol. The summed E-state index contributed by atoms with van der Waals surface area (Å²) in [4.78, 5) is 22.3. The minimum absolute atomic E-state index is 0.169. The number of alkyl carbamates (subject to hydrolysis) is 1. The highest BCUT2D eigenvalue weighted by atomic mass is 35.5. The van der Waals surface area contributed by atoms with Crippen LogP contribution in [0.4, 0.5) is 4.79 Å². The van der Waals surface area contributed by atoms with Crippen LogP contribution in [0.15, 0.2) is 18.2 Å². The maximum atomic E-state index is 11.3. The molecule has 2 aromatic rings. The van der Waals surface area contributed by atoms with Crippen molar-refractivity contribution in [3.63, 3.8) is 0 Å². The maximum absolute atomic E-state index is 11.3. The first-order chi connectivity index (χ1) is 11.0. The third kappa shape index (κ3) is 2.92. The van der Waals surface area contributed by atoms with Crippen LogP contribution in [-0.4, -0.2) is 41.0 Å². The molecule has 1 aliphatic rings. The predicted octanol–water partition coefficient (Wildman–Crippen LogP) is 2.50. The van der Waals surface area contributed by atoms with Crippen molar-refractivity contribution < 1.29 is 24.2 Å². The van der Waals surface area contributed by atoms with Crippen LogP contribution in [0.2, 0.25) is 5.02 Å². The lowest BCUT2D eigenvalue weighted by Gasteiger charge is -2.12. The van der Waals surface area contributed by atoms with Crippen molar-refractivity contribution in [2.45, 2.75) is 19.6 Å². The lowest BCUT2D eigenvalue weighted by Crippen LogP contribution is -2.22. The topological polar surface area (TPSA) is 89.8 Å². The van der Waals surface area contributed by atoms with Gasteiger partial charge in [-0.05, 0) is 19.1 Å². The molecule has 0 spiro atoms. The second-order valence-corrected chi connectivity index (χ2v) is 5.55. The first-order valence-corrected chi connectivity index (χ1v) is 7.50. The van der Waals surface area contributed by atoms with Crippen LogP contribution < -0.4 is 10.1 Å². The van der Waals surface area contributed by atoms with Crippen molar-refractivity contribution in [1.29, 1.82) is 0 Å². The van der Waals surface area contributed by atoms with Gasteiger partial charge in [0, 0.05) is 18.0 Å². The zero-order valence-corrected chi connectivity index (χ0v) is 13.1. The summed E-state index contributed by atoms with van der Waals surface area (Å²) in [5, 5.41) is 12.9. The molecule has 3 rings (SSSR count). The van der Waals surface area contributed by atoms with Crippen molar-refractivity contribution >= 4 is 34.6 Å². The zero-order valence-electron chi connectivity index (χ0n) is 12.3. The minimum Gasteiger partial charge on any atom is -0.488 e. The lowest BCUT2D eigenvalue weighted by molar-refractivity contribution is 0.0685. The predicted molar refractivity (Wildman–Crippen MR) is 83.3 cm³/mol. The Morgan fingerprint density at radius 2 is 2.30 bits per heavy atom. The molecule has 1 amide bonds. The average molecular weight is 339 g/mol. The smallest absolute Gasteiger partial charge is 0.407 e. The highest BCUT2D eigenvalue weighted by Crippen LogP contribution is 2.32. The SMILES string of the molecule is CCn1c(C(=O)O)cc2cc(Cl)c(OCC3CNC(=O)O3)cc21. The minimum atomic E-state index is -0.995. The molecule has 1 aromatic heterocycles. The quantitative estimate of drug-likeness (QED) is 0.874. The number of hydrogen-bond donors (Lipinski definition) is 2. The van der Waals surface area contributed by atoms with Gasteiger partial charge in [0.2, 0.25) is 0 Å². The number of ether oxygens (including phenoxy) is 2. The van der Waals surface area contributed by atoms with E-state index in [1.165, 1.54) is 0 Å². The van der Waals surface area contributed by atoms with E-state index in [1.807, 2.05) is 6.92 Å². The van der Waals surface area contributed by atoms with Gasteiger partial charge in [-0.2, -0.15) is 0 Å². The van der Waals surface area contributed by atoms with Gasteiger partial charge < -0.3 is 24.5 Å². The summed E-state index contributed by atoms with van der Waals surface area (Å²) < 4.78 is 12.3. The number of carbonyl (C=O) groups is 2. The van der Waals surface area contributed by atoms with Crippen LogP contribution >= 0.6 is 11.6 Å². The van der Waals surface area contributed by atoms with Crippen LogP contribution in [0.25, 0.3) is 10.9 Å². The third-order valence-electron chi connectivity index (χ3n) is 3.66. The summed E-state index contributed by atoms with van der Waals surface area (Å²) in [7, 11) is 0.